The molecule has 7 nitrogen and oxygen atoms in total. The van der Waals surface area contributed by atoms with Crippen LogP contribution in [0.25, 0.3) is 0 Å². The van der Waals surface area contributed by atoms with Crippen molar-refractivity contribution in [2.75, 3.05) is 10.6 Å². The molecule has 0 saturated heterocycles. The molecule has 2 heterocycles. The number of carbonyl (C=O) groups is 1. The molecule has 7 heteroatoms. The average molecular weight is 363 g/mol. The van der Waals surface area contributed by atoms with Crippen molar-refractivity contribution in [2.24, 2.45) is 0 Å². The van der Waals surface area contributed by atoms with E-state index in [1.165, 1.54) is 12.4 Å². The number of pyridine rings is 1. The summed E-state index contributed by atoms with van der Waals surface area (Å²) < 4.78 is 5.58. The van der Waals surface area contributed by atoms with E-state index in [-0.39, 0.29) is 17.7 Å². The SMILES string of the molecule is CC(C)Oc1ccc(NC(=O)c2cnc(NCc3ccccn3)cn2)cc1. The van der Waals surface area contributed by atoms with E-state index in [0.717, 1.165) is 11.4 Å². The van der Waals surface area contributed by atoms with E-state index in [2.05, 4.69) is 25.6 Å². The van der Waals surface area contributed by atoms with E-state index in [0.29, 0.717) is 18.1 Å². The third kappa shape index (κ3) is 5.50. The molecule has 0 aliphatic rings. The fraction of sp³-hybridized carbons (Fsp3) is 0.200. The Labute approximate surface area is 157 Å². The van der Waals surface area contributed by atoms with Crippen LogP contribution in [0.4, 0.5) is 11.5 Å². The van der Waals surface area contributed by atoms with Gasteiger partial charge < -0.3 is 15.4 Å². The summed E-state index contributed by atoms with van der Waals surface area (Å²) in [6, 6.07) is 12.9. The normalized spacial score (nSPS) is 10.5. The summed E-state index contributed by atoms with van der Waals surface area (Å²) in [6.45, 7) is 4.46. The van der Waals surface area contributed by atoms with Crippen LogP contribution in [0, 0.1) is 0 Å². The van der Waals surface area contributed by atoms with Gasteiger partial charge >= 0.3 is 0 Å². The highest BCUT2D eigenvalue weighted by molar-refractivity contribution is 6.02. The smallest absolute Gasteiger partial charge is 0.275 e. The second-order valence-corrected chi connectivity index (χ2v) is 6.11. The third-order valence-electron chi connectivity index (χ3n) is 3.55. The van der Waals surface area contributed by atoms with Gasteiger partial charge in [-0.3, -0.25) is 9.78 Å². The van der Waals surface area contributed by atoms with Crippen LogP contribution >= 0.6 is 0 Å². The van der Waals surface area contributed by atoms with Gasteiger partial charge in [-0.25, -0.2) is 9.97 Å². The van der Waals surface area contributed by atoms with Gasteiger partial charge in [0.15, 0.2) is 0 Å². The largest absolute Gasteiger partial charge is 0.491 e. The van der Waals surface area contributed by atoms with Crippen LogP contribution in [0.1, 0.15) is 30.0 Å². The first-order valence-corrected chi connectivity index (χ1v) is 8.64. The van der Waals surface area contributed by atoms with Gasteiger partial charge in [0.25, 0.3) is 5.91 Å². The van der Waals surface area contributed by atoms with Gasteiger partial charge in [0.2, 0.25) is 0 Å². The molecule has 2 N–H and O–H groups in total. The van der Waals surface area contributed by atoms with Crippen LogP contribution in [0.3, 0.4) is 0 Å². The number of nitrogens with one attached hydrogen (secondary N) is 2. The summed E-state index contributed by atoms with van der Waals surface area (Å²) in [5.41, 5.74) is 1.79. The molecule has 2 aromatic heterocycles. The molecule has 0 aliphatic carbocycles. The Bertz CT molecular complexity index is 865. The Balaban J connectivity index is 1.55. The number of anilines is 2. The van der Waals surface area contributed by atoms with Crippen molar-refractivity contribution in [2.45, 2.75) is 26.5 Å². The molecular weight excluding hydrogens is 342 g/mol. The van der Waals surface area contributed by atoms with Crippen LogP contribution < -0.4 is 15.4 Å². The summed E-state index contributed by atoms with van der Waals surface area (Å²) >= 11 is 0. The van der Waals surface area contributed by atoms with E-state index < -0.39 is 0 Å². The number of ether oxygens (including phenoxy) is 1. The molecule has 3 rings (SSSR count). The van der Waals surface area contributed by atoms with E-state index in [1.807, 2.05) is 44.2 Å². The fourth-order valence-corrected chi connectivity index (χ4v) is 2.30. The van der Waals surface area contributed by atoms with Crippen LogP contribution in [0.15, 0.2) is 61.1 Å². The summed E-state index contributed by atoms with van der Waals surface area (Å²) in [6.07, 6.45) is 4.80. The number of hydrogen-bond donors (Lipinski definition) is 2. The van der Waals surface area contributed by atoms with Crippen molar-refractivity contribution in [3.8, 4) is 5.75 Å². The first-order valence-electron chi connectivity index (χ1n) is 8.64. The molecule has 3 aromatic rings. The molecule has 0 fully saturated rings. The molecule has 0 bridgehead atoms. The summed E-state index contributed by atoms with van der Waals surface area (Å²) in [4.78, 5) is 24.9. The Kier molecular flexibility index (Phi) is 5.94. The van der Waals surface area contributed by atoms with E-state index in [1.54, 1.807) is 18.3 Å². The Morgan fingerprint density at radius 1 is 1.04 bits per heavy atom. The number of amides is 1. The minimum absolute atomic E-state index is 0.102. The molecule has 138 valence electrons. The topological polar surface area (TPSA) is 89.0 Å². The standard InChI is InChI=1S/C20H21N5O2/c1-14(2)27-17-8-6-15(7-9-17)25-20(26)18-12-24-19(13-22-18)23-11-16-5-3-4-10-21-16/h3-10,12-14H,11H2,1-2H3,(H,23,24)(H,25,26). The second-order valence-electron chi connectivity index (χ2n) is 6.11. The molecule has 0 unspecified atom stereocenters. The highest BCUT2D eigenvalue weighted by Crippen LogP contribution is 2.17. The summed E-state index contributed by atoms with van der Waals surface area (Å²) in [5.74, 6) is 1.01. The zero-order valence-corrected chi connectivity index (χ0v) is 15.2. The van der Waals surface area contributed by atoms with Crippen molar-refractivity contribution >= 4 is 17.4 Å². The van der Waals surface area contributed by atoms with Gasteiger partial charge in [-0.15, -0.1) is 0 Å². The van der Waals surface area contributed by atoms with Crippen molar-refractivity contribution in [3.05, 3.63) is 72.4 Å². The van der Waals surface area contributed by atoms with Gasteiger partial charge in [0.05, 0.1) is 30.7 Å². The van der Waals surface area contributed by atoms with Crippen LogP contribution in [-0.4, -0.2) is 27.0 Å². The van der Waals surface area contributed by atoms with Crippen molar-refractivity contribution in [1.29, 1.82) is 0 Å². The molecule has 1 amide bonds. The van der Waals surface area contributed by atoms with Gasteiger partial charge in [-0.1, -0.05) is 6.07 Å². The lowest BCUT2D eigenvalue weighted by molar-refractivity contribution is 0.102. The predicted octanol–water partition coefficient (Wildman–Crippen LogP) is 3.52. The summed E-state index contributed by atoms with van der Waals surface area (Å²) in [7, 11) is 0. The van der Waals surface area contributed by atoms with Gasteiger partial charge in [-0.2, -0.15) is 0 Å². The van der Waals surface area contributed by atoms with E-state index >= 15 is 0 Å². The Morgan fingerprint density at radius 2 is 1.85 bits per heavy atom. The van der Waals surface area contributed by atoms with Crippen molar-refractivity contribution < 1.29 is 9.53 Å². The lowest BCUT2D eigenvalue weighted by Crippen LogP contribution is -2.14. The number of rotatable bonds is 7. The quantitative estimate of drug-likeness (QED) is 0.668. The van der Waals surface area contributed by atoms with Gasteiger partial charge in [0.1, 0.15) is 17.3 Å². The highest BCUT2D eigenvalue weighted by Gasteiger charge is 2.09. The third-order valence-corrected chi connectivity index (χ3v) is 3.55. The minimum atomic E-state index is -0.323. The molecule has 27 heavy (non-hydrogen) atoms. The number of nitrogens with zero attached hydrogens (tertiary/aromatic N) is 3. The van der Waals surface area contributed by atoms with Crippen LogP contribution in [-0.2, 0) is 6.54 Å². The average Bonchev–Trinajstić information content (AvgIpc) is 2.69. The number of aromatic nitrogens is 3. The molecule has 0 radical (unpaired) electrons. The van der Waals surface area contributed by atoms with Crippen molar-refractivity contribution in [3.63, 3.8) is 0 Å². The fourth-order valence-electron chi connectivity index (χ4n) is 2.30. The Hall–Kier alpha value is -3.48. The lowest BCUT2D eigenvalue weighted by atomic mass is 10.3. The number of hydrogen-bond acceptors (Lipinski definition) is 6. The highest BCUT2D eigenvalue weighted by atomic mass is 16.5. The maximum atomic E-state index is 12.3. The summed E-state index contributed by atoms with van der Waals surface area (Å²) in [5, 5.41) is 5.91. The van der Waals surface area contributed by atoms with Crippen molar-refractivity contribution in [1.82, 2.24) is 15.0 Å². The zero-order chi connectivity index (χ0) is 19.1. The van der Waals surface area contributed by atoms with Gasteiger partial charge in [0, 0.05) is 11.9 Å². The first kappa shape index (κ1) is 18.3. The maximum Gasteiger partial charge on any atom is 0.275 e. The molecule has 0 saturated carbocycles. The predicted molar refractivity (Wildman–Crippen MR) is 104 cm³/mol. The van der Waals surface area contributed by atoms with Crippen LogP contribution in [0.5, 0.6) is 5.75 Å². The van der Waals surface area contributed by atoms with E-state index in [4.69, 9.17) is 4.74 Å². The Morgan fingerprint density at radius 3 is 2.48 bits per heavy atom. The number of benzene rings is 1. The monoisotopic (exact) mass is 363 g/mol. The minimum Gasteiger partial charge on any atom is -0.491 e. The maximum absolute atomic E-state index is 12.3. The van der Waals surface area contributed by atoms with Gasteiger partial charge in [-0.05, 0) is 50.2 Å². The second kappa shape index (κ2) is 8.75. The first-order chi connectivity index (χ1) is 13.1. The molecular formula is C20H21N5O2. The van der Waals surface area contributed by atoms with Crippen LogP contribution in [0.2, 0.25) is 0 Å². The molecule has 0 spiro atoms. The number of carbonyl (C=O) groups excluding carboxylic acids is 1. The van der Waals surface area contributed by atoms with E-state index in [9.17, 15) is 4.79 Å². The molecule has 0 aliphatic heterocycles. The lowest BCUT2D eigenvalue weighted by Gasteiger charge is -2.10. The molecule has 0 atom stereocenters. The zero-order valence-electron chi connectivity index (χ0n) is 15.2. The molecule has 1 aromatic carbocycles.